The Labute approximate surface area is 173 Å². The van der Waals surface area contributed by atoms with Crippen molar-refractivity contribution in [2.75, 3.05) is 24.4 Å². The van der Waals surface area contributed by atoms with Crippen molar-refractivity contribution in [2.45, 2.75) is 29.8 Å². The molecule has 1 N–H and O–H groups in total. The monoisotopic (exact) mass is 466 g/mol. The molecule has 0 aliphatic heterocycles. The molecule has 12 heteroatoms. The third-order valence-electron chi connectivity index (χ3n) is 4.00. The minimum Gasteiger partial charge on any atom is -0.482 e. The number of hydrogen-bond acceptors (Lipinski definition) is 5. The summed E-state index contributed by atoms with van der Waals surface area (Å²) in [5.74, 6) is -0.292. The highest BCUT2D eigenvalue weighted by atomic mass is 32.2. The van der Waals surface area contributed by atoms with Crippen LogP contribution in [0.5, 0.6) is 5.75 Å². The standard InChI is InChI=1S/C18H21F3N2O5S2/c1-3-23(4-2)30(26,27)15-11-9-14(10-12-15)29(24,25)22-16-7-5-6-8-17(16)28-13-18(19,20)21/h5-12,22H,3-4,13H2,1-2H3. The maximum absolute atomic E-state index is 12.6. The fourth-order valence-electron chi connectivity index (χ4n) is 2.54. The Morgan fingerprint density at radius 3 is 1.97 bits per heavy atom. The molecular formula is C18H21F3N2O5S2. The number of para-hydroxylation sites is 2. The molecule has 166 valence electrons. The number of hydrogen-bond donors (Lipinski definition) is 1. The summed E-state index contributed by atoms with van der Waals surface area (Å²) in [6.07, 6.45) is -4.59. The third-order valence-corrected chi connectivity index (χ3v) is 7.45. The van der Waals surface area contributed by atoms with Gasteiger partial charge in [0.05, 0.1) is 15.5 Å². The summed E-state index contributed by atoms with van der Waals surface area (Å²) in [4.78, 5) is -0.328. The van der Waals surface area contributed by atoms with Crippen LogP contribution < -0.4 is 9.46 Å². The lowest BCUT2D eigenvalue weighted by Gasteiger charge is -2.18. The highest BCUT2D eigenvalue weighted by Gasteiger charge is 2.29. The van der Waals surface area contributed by atoms with E-state index >= 15 is 0 Å². The van der Waals surface area contributed by atoms with Crippen LogP contribution in [-0.2, 0) is 20.0 Å². The summed E-state index contributed by atoms with van der Waals surface area (Å²) in [5, 5.41) is 0. The minimum atomic E-state index is -4.59. The molecule has 0 bridgehead atoms. The average Bonchev–Trinajstić information content (AvgIpc) is 2.67. The van der Waals surface area contributed by atoms with Crippen molar-refractivity contribution in [1.82, 2.24) is 4.31 Å². The molecule has 0 unspecified atom stereocenters. The fraction of sp³-hybridized carbons (Fsp3) is 0.333. The Kier molecular flexibility index (Phi) is 7.37. The van der Waals surface area contributed by atoms with Gasteiger partial charge in [-0.2, -0.15) is 17.5 Å². The molecule has 2 rings (SSSR count). The first kappa shape index (κ1) is 24.0. The summed E-state index contributed by atoms with van der Waals surface area (Å²) in [6, 6.07) is 9.82. The van der Waals surface area contributed by atoms with Gasteiger partial charge in [-0.3, -0.25) is 4.72 Å². The van der Waals surface area contributed by atoms with E-state index in [4.69, 9.17) is 0 Å². The molecule has 0 aromatic heterocycles. The van der Waals surface area contributed by atoms with Crippen LogP contribution in [0.25, 0.3) is 0 Å². The largest absolute Gasteiger partial charge is 0.482 e. The van der Waals surface area contributed by atoms with Gasteiger partial charge in [0, 0.05) is 13.1 Å². The van der Waals surface area contributed by atoms with Crippen LogP contribution in [0, 0.1) is 0 Å². The molecule has 2 aromatic carbocycles. The van der Waals surface area contributed by atoms with Crippen molar-refractivity contribution in [3.8, 4) is 5.75 Å². The molecule has 0 aliphatic carbocycles. The average molecular weight is 467 g/mol. The Morgan fingerprint density at radius 1 is 0.900 bits per heavy atom. The molecule has 0 fully saturated rings. The summed E-state index contributed by atoms with van der Waals surface area (Å²) in [7, 11) is -7.96. The predicted molar refractivity (Wildman–Crippen MR) is 105 cm³/mol. The molecule has 0 heterocycles. The van der Waals surface area contributed by atoms with E-state index in [0.717, 1.165) is 24.3 Å². The first-order chi connectivity index (χ1) is 13.9. The lowest BCUT2D eigenvalue weighted by Crippen LogP contribution is -2.30. The normalized spacial score (nSPS) is 12.7. The van der Waals surface area contributed by atoms with E-state index in [1.54, 1.807) is 13.8 Å². The van der Waals surface area contributed by atoms with Crippen LogP contribution in [0.4, 0.5) is 18.9 Å². The molecule has 0 aliphatic rings. The van der Waals surface area contributed by atoms with Crippen molar-refractivity contribution in [3.05, 3.63) is 48.5 Å². The van der Waals surface area contributed by atoms with Gasteiger partial charge in [0.25, 0.3) is 10.0 Å². The van der Waals surface area contributed by atoms with E-state index < -0.39 is 32.8 Å². The number of nitrogens with one attached hydrogen (secondary N) is 1. The molecule has 0 saturated carbocycles. The molecule has 0 radical (unpaired) electrons. The van der Waals surface area contributed by atoms with Crippen LogP contribution in [0.15, 0.2) is 58.3 Å². The summed E-state index contributed by atoms with van der Waals surface area (Å²) in [5.41, 5.74) is -0.179. The van der Waals surface area contributed by atoms with Crippen LogP contribution in [-0.4, -0.2) is 47.0 Å². The molecule has 0 atom stereocenters. The number of ether oxygens (including phenoxy) is 1. The number of nitrogens with zero attached hydrogens (tertiary/aromatic N) is 1. The number of benzene rings is 2. The minimum absolute atomic E-state index is 0.0703. The lowest BCUT2D eigenvalue weighted by molar-refractivity contribution is -0.153. The molecular weight excluding hydrogens is 445 g/mol. The summed E-state index contributed by atoms with van der Waals surface area (Å²) >= 11 is 0. The maximum Gasteiger partial charge on any atom is 0.422 e. The quantitative estimate of drug-likeness (QED) is 0.611. The highest BCUT2D eigenvalue weighted by Crippen LogP contribution is 2.29. The van der Waals surface area contributed by atoms with Crippen LogP contribution in [0.2, 0.25) is 0 Å². The number of alkyl halides is 3. The second-order valence-electron chi connectivity index (χ2n) is 6.07. The lowest BCUT2D eigenvalue weighted by atomic mass is 10.3. The Hall–Kier alpha value is -2.31. The van der Waals surface area contributed by atoms with Crippen LogP contribution >= 0.6 is 0 Å². The van der Waals surface area contributed by atoms with Gasteiger partial charge in [0.1, 0.15) is 5.75 Å². The summed E-state index contributed by atoms with van der Waals surface area (Å²) in [6.45, 7) is 2.30. The van der Waals surface area contributed by atoms with Crippen molar-refractivity contribution in [3.63, 3.8) is 0 Å². The number of halogens is 3. The Morgan fingerprint density at radius 2 is 1.43 bits per heavy atom. The van der Waals surface area contributed by atoms with Crippen molar-refractivity contribution < 1.29 is 34.7 Å². The molecule has 7 nitrogen and oxygen atoms in total. The smallest absolute Gasteiger partial charge is 0.422 e. The van der Waals surface area contributed by atoms with E-state index in [2.05, 4.69) is 9.46 Å². The highest BCUT2D eigenvalue weighted by molar-refractivity contribution is 7.92. The second-order valence-corrected chi connectivity index (χ2v) is 9.69. The fourth-order valence-corrected chi connectivity index (χ4v) is 5.07. The van der Waals surface area contributed by atoms with Gasteiger partial charge in [-0.1, -0.05) is 26.0 Å². The van der Waals surface area contributed by atoms with Gasteiger partial charge < -0.3 is 4.74 Å². The van der Waals surface area contributed by atoms with Crippen molar-refractivity contribution in [1.29, 1.82) is 0 Å². The van der Waals surface area contributed by atoms with Crippen molar-refractivity contribution in [2.24, 2.45) is 0 Å². The Bertz CT molecular complexity index is 1070. The van der Waals surface area contributed by atoms with Crippen LogP contribution in [0.1, 0.15) is 13.8 Å². The third kappa shape index (κ3) is 5.86. The number of sulfonamides is 2. The first-order valence-corrected chi connectivity index (χ1v) is 11.7. The van der Waals surface area contributed by atoms with Gasteiger partial charge in [-0.15, -0.1) is 0 Å². The number of anilines is 1. The SMILES string of the molecule is CCN(CC)S(=O)(=O)c1ccc(S(=O)(=O)Nc2ccccc2OCC(F)(F)F)cc1. The molecule has 0 saturated heterocycles. The zero-order valence-electron chi connectivity index (χ0n) is 16.2. The topological polar surface area (TPSA) is 92.8 Å². The van der Waals surface area contributed by atoms with Gasteiger partial charge in [0.2, 0.25) is 10.0 Å². The van der Waals surface area contributed by atoms with Gasteiger partial charge in [-0.25, -0.2) is 16.8 Å². The molecule has 2 aromatic rings. The van der Waals surface area contributed by atoms with E-state index in [0.29, 0.717) is 0 Å². The zero-order chi connectivity index (χ0) is 22.6. The van der Waals surface area contributed by atoms with Crippen molar-refractivity contribution >= 4 is 25.7 Å². The van der Waals surface area contributed by atoms with E-state index in [1.807, 2.05) is 0 Å². The summed E-state index contributed by atoms with van der Waals surface area (Å²) < 4.78 is 95.5. The van der Waals surface area contributed by atoms with Gasteiger partial charge in [-0.05, 0) is 36.4 Å². The zero-order valence-corrected chi connectivity index (χ0v) is 17.8. The Balaban J connectivity index is 2.27. The maximum atomic E-state index is 12.6. The number of rotatable bonds is 9. The molecule has 30 heavy (non-hydrogen) atoms. The van der Waals surface area contributed by atoms with Gasteiger partial charge >= 0.3 is 6.18 Å². The van der Waals surface area contributed by atoms with Gasteiger partial charge in [0.15, 0.2) is 6.61 Å². The molecule has 0 spiro atoms. The predicted octanol–water partition coefficient (Wildman–Crippen LogP) is 3.46. The van der Waals surface area contributed by atoms with Crippen LogP contribution in [0.3, 0.4) is 0 Å². The van der Waals surface area contributed by atoms with E-state index in [-0.39, 0.29) is 34.3 Å². The molecule has 0 amide bonds. The van der Waals surface area contributed by atoms with E-state index in [1.165, 1.54) is 28.6 Å². The first-order valence-electron chi connectivity index (χ1n) is 8.82. The second kappa shape index (κ2) is 9.23. The van der Waals surface area contributed by atoms with E-state index in [9.17, 15) is 30.0 Å².